The molecule has 1 fully saturated rings. The third-order valence-electron chi connectivity index (χ3n) is 2.93. The maximum atomic E-state index is 11.2. The summed E-state index contributed by atoms with van der Waals surface area (Å²) < 4.78 is 5.41. The molecule has 0 saturated carbocycles. The Kier molecular flexibility index (Phi) is 4.31. The topological polar surface area (TPSA) is 107 Å². The Balaban J connectivity index is 2.16. The lowest BCUT2D eigenvalue weighted by molar-refractivity contribution is 0.00510. The predicted octanol–water partition coefficient (Wildman–Crippen LogP) is -0.622. The summed E-state index contributed by atoms with van der Waals surface area (Å²) in [6.07, 6.45) is 2.25. The molecule has 7 heteroatoms. The summed E-state index contributed by atoms with van der Waals surface area (Å²) in [6, 6.07) is 0. The van der Waals surface area contributed by atoms with Gasteiger partial charge >= 0.3 is 5.69 Å². The molecule has 104 valence electrons. The molecule has 1 saturated heterocycles. The van der Waals surface area contributed by atoms with Crippen LogP contribution in [0.2, 0.25) is 0 Å². The van der Waals surface area contributed by atoms with Crippen molar-refractivity contribution in [2.24, 2.45) is 0 Å². The number of rotatable bonds is 5. The molecule has 0 radical (unpaired) electrons. The Morgan fingerprint density at radius 2 is 2.47 bits per heavy atom. The first-order valence-electron chi connectivity index (χ1n) is 6.04. The van der Waals surface area contributed by atoms with Crippen molar-refractivity contribution in [1.82, 2.24) is 9.97 Å². The van der Waals surface area contributed by atoms with Gasteiger partial charge in [0.2, 0.25) is 0 Å². The van der Waals surface area contributed by atoms with E-state index in [1.54, 1.807) is 12.3 Å². The van der Waals surface area contributed by atoms with Crippen LogP contribution in [0.4, 0.5) is 5.82 Å². The van der Waals surface area contributed by atoms with Crippen molar-refractivity contribution in [2.75, 3.05) is 11.9 Å². The fraction of sp³-hybridized carbons (Fsp3) is 0.500. The van der Waals surface area contributed by atoms with Gasteiger partial charge in [-0.05, 0) is 6.42 Å². The van der Waals surface area contributed by atoms with Crippen LogP contribution in [0.15, 0.2) is 23.6 Å². The first-order chi connectivity index (χ1) is 9.13. The Morgan fingerprint density at radius 3 is 3.11 bits per heavy atom. The Hall–Kier alpha value is -1.70. The summed E-state index contributed by atoms with van der Waals surface area (Å²) in [4.78, 5) is 17.5. The molecule has 1 aromatic heterocycles. The average molecular weight is 267 g/mol. The molecule has 0 unspecified atom stereocenters. The lowest BCUT2D eigenvalue weighted by Gasteiger charge is -2.18. The largest absolute Gasteiger partial charge is 0.394 e. The maximum Gasteiger partial charge on any atom is 0.346 e. The van der Waals surface area contributed by atoms with Crippen LogP contribution in [0.5, 0.6) is 0 Å². The monoisotopic (exact) mass is 267 g/mol. The van der Waals surface area contributed by atoms with Gasteiger partial charge in [0.25, 0.3) is 0 Å². The Labute approximate surface area is 110 Å². The van der Waals surface area contributed by atoms with Crippen LogP contribution in [0.25, 0.3) is 0 Å². The first kappa shape index (κ1) is 13.7. The van der Waals surface area contributed by atoms with Crippen molar-refractivity contribution in [3.8, 4) is 0 Å². The summed E-state index contributed by atoms with van der Waals surface area (Å²) in [5.74, 6) is 0.353. The van der Waals surface area contributed by atoms with Crippen LogP contribution in [-0.2, 0) is 11.2 Å². The molecule has 1 aromatic rings. The molecule has 0 aliphatic carbocycles. The minimum absolute atomic E-state index is 0.155. The Bertz CT molecular complexity index is 502. The van der Waals surface area contributed by atoms with E-state index < -0.39 is 24.1 Å². The van der Waals surface area contributed by atoms with Gasteiger partial charge < -0.3 is 25.3 Å². The van der Waals surface area contributed by atoms with Gasteiger partial charge in [0, 0.05) is 18.2 Å². The van der Waals surface area contributed by atoms with E-state index in [1.165, 1.54) is 0 Å². The van der Waals surface area contributed by atoms with Crippen LogP contribution in [0, 0.1) is 0 Å². The van der Waals surface area contributed by atoms with E-state index in [0.717, 1.165) is 5.56 Å². The normalized spacial score (nSPS) is 26.3. The van der Waals surface area contributed by atoms with Gasteiger partial charge in [0.1, 0.15) is 11.9 Å². The lowest BCUT2D eigenvalue weighted by atomic mass is 10.2. The van der Waals surface area contributed by atoms with Crippen molar-refractivity contribution in [2.45, 2.75) is 31.3 Å². The number of H-pyrrole nitrogens is 1. The zero-order chi connectivity index (χ0) is 13.8. The van der Waals surface area contributed by atoms with E-state index in [1.807, 2.05) is 0 Å². The Morgan fingerprint density at radius 1 is 1.68 bits per heavy atom. The van der Waals surface area contributed by atoms with Crippen LogP contribution in [0.1, 0.15) is 12.0 Å². The molecule has 2 heterocycles. The van der Waals surface area contributed by atoms with Crippen molar-refractivity contribution in [3.63, 3.8) is 0 Å². The van der Waals surface area contributed by atoms with Crippen molar-refractivity contribution in [3.05, 3.63) is 34.9 Å². The number of hydrogen-bond donors (Lipinski definition) is 4. The highest BCUT2D eigenvalue weighted by molar-refractivity contribution is 5.44. The van der Waals surface area contributed by atoms with Crippen LogP contribution >= 0.6 is 0 Å². The number of aliphatic hydroxyl groups excluding tert-OH is 2. The molecule has 0 aromatic carbocycles. The zero-order valence-corrected chi connectivity index (χ0v) is 10.4. The van der Waals surface area contributed by atoms with Crippen LogP contribution in [0.3, 0.4) is 0 Å². The van der Waals surface area contributed by atoms with E-state index in [9.17, 15) is 9.90 Å². The number of aromatic amines is 1. The number of allylic oxidation sites excluding steroid dienone is 1. The smallest absolute Gasteiger partial charge is 0.346 e. The SMILES string of the molecule is C=CCc1c[nH]c(=O)nc1N[C@@H]1O[C@H](CO)C[C@H]1O. The van der Waals surface area contributed by atoms with E-state index in [0.29, 0.717) is 18.7 Å². The minimum atomic E-state index is -0.755. The summed E-state index contributed by atoms with van der Waals surface area (Å²) in [7, 11) is 0. The molecular formula is C12H17N3O4. The highest BCUT2D eigenvalue weighted by Gasteiger charge is 2.34. The molecule has 4 N–H and O–H groups in total. The van der Waals surface area contributed by atoms with E-state index >= 15 is 0 Å². The second-order valence-corrected chi connectivity index (χ2v) is 4.38. The summed E-state index contributed by atoms with van der Waals surface area (Å²) in [5.41, 5.74) is 0.263. The highest BCUT2D eigenvalue weighted by atomic mass is 16.5. The summed E-state index contributed by atoms with van der Waals surface area (Å²) in [6.45, 7) is 3.48. The second-order valence-electron chi connectivity index (χ2n) is 4.38. The van der Waals surface area contributed by atoms with Gasteiger partial charge in [-0.15, -0.1) is 6.58 Å². The van der Waals surface area contributed by atoms with Gasteiger partial charge in [-0.3, -0.25) is 0 Å². The number of anilines is 1. The lowest BCUT2D eigenvalue weighted by Crippen LogP contribution is -2.32. The average Bonchev–Trinajstić information content (AvgIpc) is 2.74. The van der Waals surface area contributed by atoms with Gasteiger partial charge in [0.05, 0.1) is 12.7 Å². The number of nitrogens with one attached hydrogen (secondary N) is 2. The number of aliphatic hydroxyl groups is 2. The molecule has 19 heavy (non-hydrogen) atoms. The molecule has 7 nitrogen and oxygen atoms in total. The van der Waals surface area contributed by atoms with Crippen LogP contribution in [-0.4, -0.2) is 45.2 Å². The summed E-state index contributed by atoms with van der Waals surface area (Å²) in [5, 5.41) is 21.7. The molecular weight excluding hydrogens is 250 g/mol. The number of hydrogen-bond acceptors (Lipinski definition) is 6. The standard InChI is InChI=1S/C12H17N3O4/c1-2-3-7-5-13-12(18)15-10(7)14-11-9(17)4-8(6-16)19-11/h2,5,8-9,11,16-17H,1,3-4,6H2,(H2,13,14,15,18)/t8-,9+,11+/m0/s1. The molecule has 0 amide bonds. The molecule has 0 bridgehead atoms. The number of ether oxygens (including phenoxy) is 1. The van der Waals surface area contributed by atoms with Crippen molar-refractivity contribution in [1.29, 1.82) is 0 Å². The van der Waals surface area contributed by atoms with Gasteiger partial charge in [-0.1, -0.05) is 6.08 Å². The third kappa shape index (κ3) is 3.19. The van der Waals surface area contributed by atoms with E-state index in [4.69, 9.17) is 9.84 Å². The zero-order valence-electron chi connectivity index (χ0n) is 10.4. The predicted molar refractivity (Wildman–Crippen MR) is 68.8 cm³/mol. The fourth-order valence-corrected chi connectivity index (χ4v) is 1.99. The van der Waals surface area contributed by atoms with Crippen LogP contribution < -0.4 is 11.0 Å². The second kappa shape index (κ2) is 5.96. The van der Waals surface area contributed by atoms with E-state index in [2.05, 4.69) is 21.9 Å². The molecule has 1 aliphatic heterocycles. The number of aromatic nitrogens is 2. The van der Waals surface area contributed by atoms with E-state index in [-0.39, 0.29) is 6.61 Å². The molecule has 2 rings (SSSR count). The molecule has 1 aliphatic rings. The quantitative estimate of drug-likeness (QED) is 0.530. The molecule has 0 spiro atoms. The highest BCUT2D eigenvalue weighted by Crippen LogP contribution is 2.22. The van der Waals surface area contributed by atoms with Gasteiger partial charge in [-0.25, -0.2) is 4.79 Å². The fourth-order valence-electron chi connectivity index (χ4n) is 1.99. The summed E-state index contributed by atoms with van der Waals surface area (Å²) >= 11 is 0. The molecule has 3 atom stereocenters. The first-order valence-corrected chi connectivity index (χ1v) is 6.04. The maximum absolute atomic E-state index is 11.2. The number of nitrogens with zero attached hydrogens (tertiary/aromatic N) is 1. The minimum Gasteiger partial charge on any atom is -0.394 e. The van der Waals surface area contributed by atoms with Crippen molar-refractivity contribution < 1.29 is 14.9 Å². The van der Waals surface area contributed by atoms with Crippen molar-refractivity contribution >= 4 is 5.82 Å². The third-order valence-corrected chi connectivity index (χ3v) is 2.93. The van der Waals surface area contributed by atoms with Gasteiger partial charge in [0.15, 0.2) is 6.23 Å². The van der Waals surface area contributed by atoms with Gasteiger partial charge in [-0.2, -0.15) is 4.98 Å².